The predicted molar refractivity (Wildman–Crippen MR) is 101 cm³/mol. The van der Waals surface area contributed by atoms with Crippen LogP contribution in [-0.4, -0.2) is 49.5 Å². The maximum atomic E-state index is 12.5. The Hall–Kier alpha value is -3.10. The van der Waals surface area contributed by atoms with Crippen LogP contribution in [0.2, 0.25) is 0 Å². The van der Waals surface area contributed by atoms with Gasteiger partial charge in [-0.15, -0.1) is 0 Å². The summed E-state index contributed by atoms with van der Waals surface area (Å²) in [5.41, 5.74) is 6.69. The molecule has 0 aliphatic carbocycles. The van der Waals surface area contributed by atoms with Gasteiger partial charge in [0.1, 0.15) is 11.9 Å². The molecule has 1 aliphatic rings. The number of hydrogen-bond donors (Lipinski definition) is 4. The lowest BCUT2D eigenvalue weighted by atomic mass is 10.2. The molecule has 0 bridgehead atoms. The van der Waals surface area contributed by atoms with E-state index in [2.05, 4.69) is 10.6 Å². The van der Waals surface area contributed by atoms with E-state index in [0.29, 0.717) is 24.2 Å². The van der Waals surface area contributed by atoms with Gasteiger partial charge in [-0.3, -0.25) is 15.0 Å². The minimum Gasteiger partial charge on any atom is -0.466 e. The molecule has 0 radical (unpaired) electrons. The maximum absolute atomic E-state index is 12.5. The van der Waals surface area contributed by atoms with Crippen LogP contribution in [0.1, 0.15) is 25.8 Å². The Morgan fingerprint density at radius 3 is 2.63 bits per heavy atom. The van der Waals surface area contributed by atoms with E-state index in [4.69, 9.17) is 15.9 Å². The fraction of sp³-hybridized carbons (Fsp3) is 0.444. The highest BCUT2D eigenvalue weighted by atomic mass is 16.5. The van der Waals surface area contributed by atoms with Crippen molar-refractivity contribution in [2.45, 2.75) is 26.3 Å². The monoisotopic (exact) mass is 375 g/mol. The average molecular weight is 375 g/mol. The van der Waals surface area contributed by atoms with Crippen LogP contribution in [-0.2, 0) is 14.3 Å². The smallest absolute Gasteiger partial charge is 0.315 e. The zero-order chi connectivity index (χ0) is 20.0. The summed E-state index contributed by atoms with van der Waals surface area (Å²) >= 11 is 0. The fourth-order valence-electron chi connectivity index (χ4n) is 2.71. The minimum atomic E-state index is -0.629. The molecule has 27 heavy (non-hydrogen) atoms. The van der Waals surface area contributed by atoms with Crippen LogP contribution in [0.3, 0.4) is 0 Å². The number of amides is 3. The normalized spacial score (nSPS) is 17.3. The molecule has 1 aromatic rings. The molecule has 3 amide bonds. The third kappa shape index (κ3) is 5.19. The second kappa shape index (κ2) is 9.02. The van der Waals surface area contributed by atoms with E-state index in [1.165, 1.54) is 0 Å². The molecule has 0 saturated carbocycles. The molecule has 9 heteroatoms. The standard InChI is InChI=1S/C18H25N5O4/c1-3-27-17(25)11(2)10-21-18(26)22-14-8-9-23(16(14)24)13-6-4-12(5-7-13)15(19)20/h4-7,11,14H,3,8-10H2,1-2H3,(H3,19,20)(H2,21,22,26). The lowest BCUT2D eigenvalue weighted by molar-refractivity contribution is -0.147. The second-order valence-electron chi connectivity index (χ2n) is 6.30. The van der Waals surface area contributed by atoms with Gasteiger partial charge in [0.15, 0.2) is 0 Å². The third-order valence-corrected chi connectivity index (χ3v) is 4.26. The molecular formula is C18H25N5O4. The first-order valence-electron chi connectivity index (χ1n) is 8.80. The number of anilines is 1. The number of esters is 1. The van der Waals surface area contributed by atoms with Crippen LogP contribution >= 0.6 is 0 Å². The Balaban J connectivity index is 1.86. The van der Waals surface area contributed by atoms with Crippen molar-refractivity contribution in [2.24, 2.45) is 11.7 Å². The molecule has 2 unspecified atom stereocenters. The first kappa shape index (κ1) is 20.2. The first-order valence-corrected chi connectivity index (χ1v) is 8.80. The van der Waals surface area contributed by atoms with Gasteiger partial charge in [0.05, 0.1) is 12.5 Å². The van der Waals surface area contributed by atoms with Crippen molar-refractivity contribution in [3.63, 3.8) is 0 Å². The Bertz CT molecular complexity index is 719. The molecule has 146 valence electrons. The molecule has 2 rings (SSSR count). The number of benzene rings is 1. The second-order valence-corrected chi connectivity index (χ2v) is 6.30. The van der Waals surface area contributed by atoms with E-state index >= 15 is 0 Å². The third-order valence-electron chi connectivity index (χ3n) is 4.26. The number of ether oxygens (including phenoxy) is 1. The Labute approximate surface area is 157 Å². The van der Waals surface area contributed by atoms with E-state index in [9.17, 15) is 14.4 Å². The number of nitrogens with two attached hydrogens (primary N) is 1. The van der Waals surface area contributed by atoms with Gasteiger partial charge in [0.2, 0.25) is 5.91 Å². The molecule has 1 fully saturated rings. The van der Waals surface area contributed by atoms with Crippen molar-refractivity contribution < 1.29 is 19.1 Å². The van der Waals surface area contributed by atoms with Crippen LogP contribution < -0.4 is 21.3 Å². The summed E-state index contributed by atoms with van der Waals surface area (Å²) in [7, 11) is 0. The number of nitrogens with zero attached hydrogens (tertiary/aromatic N) is 1. The molecule has 1 heterocycles. The Kier molecular flexibility index (Phi) is 6.75. The van der Waals surface area contributed by atoms with Gasteiger partial charge in [-0.1, -0.05) is 6.92 Å². The zero-order valence-electron chi connectivity index (χ0n) is 15.5. The van der Waals surface area contributed by atoms with Crippen molar-refractivity contribution in [1.82, 2.24) is 10.6 Å². The largest absolute Gasteiger partial charge is 0.466 e. The Morgan fingerprint density at radius 1 is 1.37 bits per heavy atom. The minimum absolute atomic E-state index is 0.0393. The van der Waals surface area contributed by atoms with E-state index in [-0.39, 0.29) is 30.9 Å². The molecule has 9 nitrogen and oxygen atoms in total. The summed E-state index contributed by atoms with van der Waals surface area (Å²) in [6, 6.07) is 5.66. The number of amidine groups is 1. The number of carbonyl (C=O) groups is 3. The highest BCUT2D eigenvalue weighted by Gasteiger charge is 2.33. The summed E-state index contributed by atoms with van der Waals surface area (Å²) in [5.74, 6) is -1.09. The van der Waals surface area contributed by atoms with E-state index in [0.717, 1.165) is 0 Å². The molecule has 5 N–H and O–H groups in total. The predicted octanol–water partition coefficient (Wildman–Crippen LogP) is 0.574. The summed E-state index contributed by atoms with van der Waals surface area (Å²) < 4.78 is 4.88. The average Bonchev–Trinajstić information content (AvgIpc) is 3.00. The van der Waals surface area contributed by atoms with Crippen LogP contribution in [0.15, 0.2) is 24.3 Å². The van der Waals surface area contributed by atoms with Crippen molar-refractivity contribution in [3.8, 4) is 0 Å². The number of nitrogen functional groups attached to an aromatic ring is 1. The summed E-state index contributed by atoms with van der Waals surface area (Å²) in [5, 5.41) is 12.6. The van der Waals surface area contributed by atoms with Gasteiger partial charge >= 0.3 is 12.0 Å². The van der Waals surface area contributed by atoms with Crippen molar-refractivity contribution in [3.05, 3.63) is 29.8 Å². The SMILES string of the molecule is CCOC(=O)C(C)CNC(=O)NC1CCN(c2ccc(C(=N)N)cc2)C1=O. The van der Waals surface area contributed by atoms with E-state index in [1.807, 2.05) is 0 Å². The highest BCUT2D eigenvalue weighted by molar-refractivity contribution is 6.02. The van der Waals surface area contributed by atoms with Gasteiger partial charge in [-0.25, -0.2) is 4.79 Å². The van der Waals surface area contributed by atoms with E-state index < -0.39 is 18.0 Å². The quantitative estimate of drug-likeness (QED) is 0.314. The van der Waals surface area contributed by atoms with Crippen molar-refractivity contribution in [1.29, 1.82) is 5.41 Å². The van der Waals surface area contributed by atoms with Gasteiger partial charge in [-0.05, 0) is 37.6 Å². The van der Waals surface area contributed by atoms with Crippen LogP contribution in [0.4, 0.5) is 10.5 Å². The molecule has 0 aromatic heterocycles. The van der Waals surface area contributed by atoms with Crippen LogP contribution in [0, 0.1) is 11.3 Å². The van der Waals surface area contributed by atoms with Gasteiger partial charge in [-0.2, -0.15) is 0 Å². The molecule has 1 aromatic carbocycles. The van der Waals surface area contributed by atoms with Gasteiger partial charge in [0, 0.05) is 24.3 Å². The van der Waals surface area contributed by atoms with Crippen molar-refractivity contribution in [2.75, 3.05) is 24.6 Å². The maximum Gasteiger partial charge on any atom is 0.315 e. The number of nitrogens with one attached hydrogen (secondary N) is 3. The number of urea groups is 1. The number of hydrogen-bond acceptors (Lipinski definition) is 5. The molecule has 0 spiro atoms. The zero-order valence-corrected chi connectivity index (χ0v) is 15.5. The summed E-state index contributed by atoms with van der Waals surface area (Å²) in [6.07, 6.45) is 0.480. The molecular weight excluding hydrogens is 350 g/mol. The topological polar surface area (TPSA) is 138 Å². The lowest BCUT2D eigenvalue weighted by Gasteiger charge is -2.18. The fourth-order valence-corrected chi connectivity index (χ4v) is 2.71. The van der Waals surface area contributed by atoms with Gasteiger partial charge < -0.3 is 26.0 Å². The van der Waals surface area contributed by atoms with Crippen molar-refractivity contribution >= 4 is 29.4 Å². The van der Waals surface area contributed by atoms with Crippen LogP contribution in [0.25, 0.3) is 0 Å². The molecule has 1 aliphatic heterocycles. The van der Waals surface area contributed by atoms with Gasteiger partial charge in [0.25, 0.3) is 0 Å². The highest BCUT2D eigenvalue weighted by Crippen LogP contribution is 2.22. The molecule has 1 saturated heterocycles. The summed E-state index contributed by atoms with van der Waals surface area (Å²) in [4.78, 5) is 37.7. The number of rotatable bonds is 7. The van der Waals surface area contributed by atoms with E-state index in [1.54, 1.807) is 43.0 Å². The lowest BCUT2D eigenvalue weighted by Crippen LogP contribution is -2.47. The van der Waals surface area contributed by atoms with Crippen LogP contribution in [0.5, 0.6) is 0 Å². The number of carbonyl (C=O) groups excluding carboxylic acids is 3. The molecule has 2 atom stereocenters. The Morgan fingerprint density at radius 2 is 2.04 bits per heavy atom. The first-order chi connectivity index (χ1) is 12.8. The summed E-state index contributed by atoms with van der Waals surface area (Å²) in [6.45, 7) is 4.26.